The summed E-state index contributed by atoms with van der Waals surface area (Å²) in [5.41, 5.74) is -0.537. The Bertz CT molecular complexity index is 373. The van der Waals surface area contributed by atoms with Gasteiger partial charge in [0, 0.05) is 12.1 Å². The van der Waals surface area contributed by atoms with E-state index < -0.39 is 36.0 Å². The van der Waals surface area contributed by atoms with Gasteiger partial charge in [-0.15, -0.1) is 6.58 Å². The van der Waals surface area contributed by atoms with Gasteiger partial charge in [0.2, 0.25) is 0 Å². The van der Waals surface area contributed by atoms with E-state index in [9.17, 15) is 14.4 Å². The van der Waals surface area contributed by atoms with E-state index in [1.807, 2.05) is 0 Å². The van der Waals surface area contributed by atoms with Gasteiger partial charge in [0.25, 0.3) is 0 Å². The fourth-order valence-corrected chi connectivity index (χ4v) is 1.39. The van der Waals surface area contributed by atoms with Crippen LogP contribution in [0.3, 0.4) is 0 Å². The number of hydrogen-bond acceptors (Lipinski definition) is 3. The summed E-state index contributed by atoms with van der Waals surface area (Å²) in [4.78, 5) is 34.8. The van der Waals surface area contributed by atoms with E-state index in [0.29, 0.717) is 0 Å². The molecule has 0 fully saturated rings. The number of hydrogen-bond donors (Lipinski definition) is 3. The SMILES string of the molecule is C=CCN(C(=O)NC(CC(=O)O)C(=O)O)C(C)(C)C. The number of rotatable bonds is 6. The number of urea groups is 1. The molecule has 0 aliphatic heterocycles. The smallest absolute Gasteiger partial charge is 0.326 e. The lowest BCUT2D eigenvalue weighted by atomic mass is 10.1. The van der Waals surface area contributed by atoms with Crippen LogP contribution < -0.4 is 5.32 Å². The van der Waals surface area contributed by atoms with E-state index in [-0.39, 0.29) is 6.54 Å². The Morgan fingerprint density at radius 2 is 1.84 bits per heavy atom. The van der Waals surface area contributed by atoms with Gasteiger partial charge in [-0.25, -0.2) is 9.59 Å². The molecule has 0 aliphatic carbocycles. The second-order valence-corrected chi connectivity index (χ2v) is 5.01. The molecule has 1 unspecified atom stereocenters. The zero-order valence-electron chi connectivity index (χ0n) is 11.3. The summed E-state index contributed by atoms with van der Waals surface area (Å²) < 4.78 is 0. The van der Waals surface area contributed by atoms with Crippen molar-refractivity contribution in [1.82, 2.24) is 10.2 Å². The van der Waals surface area contributed by atoms with E-state index >= 15 is 0 Å². The van der Waals surface area contributed by atoms with Crippen molar-refractivity contribution in [2.24, 2.45) is 0 Å². The maximum absolute atomic E-state index is 12.0. The summed E-state index contributed by atoms with van der Waals surface area (Å²) in [6.07, 6.45) is 0.838. The molecule has 0 aromatic carbocycles. The van der Waals surface area contributed by atoms with Crippen molar-refractivity contribution in [3.05, 3.63) is 12.7 Å². The molecule has 19 heavy (non-hydrogen) atoms. The largest absolute Gasteiger partial charge is 0.481 e. The molecule has 0 rings (SSSR count). The number of carboxylic acid groups (broad SMARTS) is 2. The summed E-state index contributed by atoms with van der Waals surface area (Å²) in [5, 5.41) is 19.7. The quantitative estimate of drug-likeness (QED) is 0.623. The van der Waals surface area contributed by atoms with Crippen LogP contribution in [-0.2, 0) is 9.59 Å². The Balaban J connectivity index is 4.90. The van der Waals surface area contributed by atoms with Crippen LogP contribution in [0.15, 0.2) is 12.7 Å². The molecule has 0 bridgehead atoms. The molecular formula is C12H20N2O5. The average Bonchev–Trinajstić information content (AvgIpc) is 2.22. The monoisotopic (exact) mass is 272 g/mol. The molecule has 0 saturated carbocycles. The molecule has 0 spiro atoms. The number of nitrogens with one attached hydrogen (secondary N) is 1. The zero-order chi connectivity index (χ0) is 15.2. The van der Waals surface area contributed by atoms with Crippen molar-refractivity contribution in [1.29, 1.82) is 0 Å². The first-order valence-corrected chi connectivity index (χ1v) is 5.73. The zero-order valence-corrected chi connectivity index (χ0v) is 11.3. The standard InChI is InChI=1S/C12H20N2O5/c1-5-6-14(12(2,3)4)11(19)13-8(10(17)18)7-9(15)16/h5,8H,1,6-7H2,2-4H3,(H,13,19)(H,15,16)(H,17,18). The van der Waals surface area contributed by atoms with Crippen molar-refractivity contribution in [2.45, 2.75) is 38.8 Å². The fraction of sp³-hybridized carbons (Fsp3) is 0.583. The van der Waals surface area contributed by atoms with Crippen LogP contribution in [-0.4, -0.2) is 51.2 Å². The maximum Gasteiger partial charge on any atom is 0.326 e. The molecule has 0 aliphatic rings. The fourth-order valence-electron chi connectivity index (χ4n) is 1.39. The lowest BCUT2D eigenvalue weighted by Crippen LogP contribution is -2.54. The van der Waals surface area contributed by atoms with E-state index in [4.69, 9.17) is 10.2 Å². The Kier molecular flexibility index (Phi) is 6.04. The van der Waals surface area contributed by atoms with Crippen LogP contribution in [0, 0.1) is 0 Å². The summed E-state index contributed by atoms with van der Waals surface area (Å²) in [6, 6.07) is -2.10. The predicted octanol–water partition coefficient (Wildman–Crippen LogP) is 0.910. The highest BCUT2D eigenvalue weighted by atomic mass is 16.4. The highest BCUT2D eigenvalue weighted by Gasteiger charge is 2.30. The van der Waals surface area contributed by atoms with Crippen molar-refractivity contribution < 1.29 is 24.6 Å². The predicted molar refractivity (Wildman–Crippen MR) is 68.9 cm³/mol. The van der Waals surface area contributed by atoms with Gasteiger partial charge in [0.15, 0.2) is 0 Å². The van der Waals surface area contributed by atoms with Gasteiger partial charge in [-0.3, -0.25) is 4.79 Å². The van der Waals surface area contributed by atoms with Crippen molar-refractivity contribution in [3.63, 3.8) is 0 Å². The maximum atomic E-state index is 12.0. The Hall–Kier alpha value is -2.05. The first-order valence-electron chi connectivity index (χ1n) is 5.73. The minimum atomic E-state index is -1.46. The van der Waals surface area contributed by atoms with E-state index in [1.165, 1.54) is 11.0 Å². The Morgan fingerprint density at radius 1 is 1.32 bits per heavy atom. The first kappa shape index (κ1) is 16.9. The molecule has 3 N–H and O–H groups in total. The van der Waals surface area contributed by atoms with E-state index in [0.717, 1.165) is 0 Å². The van der Waals surface area contributed by atoms with Gasteiger partial charge < -0.3 is 20.4 Å². The average molecular weight is 272 g/mol. The van der Waals surface area contributed by atoms with E-state index in [2.05, 4.69) is 11.9 Å². The van der Waals surface area contributed by atoms with Crippen molar-refractivity contribution >= 4 is 18.0 Å². The summed E-state index contributed by atoms with van der Waals surface area (Å²) in [6.45, 7) is 9.10. The third-order valence-electron chi connectivity index (χ3n) is 2.34. The van der Waals surface area contributed by atoms with Gasteiger partial charge in [-0.1, -0.05) is 6.08 Å². The molecule has 2 amide bonds. The van der Waals surface area contributed by atoms with E-state index in [1.54, 1.807) is 20.8 Å². The number of aliphatic carboxylic acids is 2. The first-order chi connectivity index (χ1) is 8.59. The topological polar surface area (TPSA) is 107 Å². The number of amides is 2. The number of carbonyl (C=O) groups is 3. The van der Waals surface area contributed by atoms with Gasteiger partial charge in [0.1, 0.15) is 6.04 Å². The molecule has 1 atom stereocenters. The lowest BCUT2D eigenvalue weighted by molar-refractivity contribution is -0.145. The van der Waals surface area contributed by atoms with Crippen LogP contribution >= 0.6 is 0 Å². The minimum absolute atomic E-state index is 0.231. The number of carboxylic acids is 2. The van der Waals surface area contributed by atoms with Crippen LogP contribution in [0.25, 0.3) is 0 Å². The summed E-state index contributed by atoms with van der Waals surface area (Å²) in [5.74, 6) is -2.68. The van der Waals surface area contributed by atoms with Gasteiger partial charge in [-0.05, 0) is 20.8 Å². The third kappa shape index (κ3) is 5.89. The second-order valence-electron chi connectivity index (χ2n) is 5.01. The molecule has 0 radical (unpaired) electrons. The summed E-state index contributed by atoms with van der Waals surface area (Å²) >= 11 is 0. The molecular weight excluding hydrogens is 252 g/mol. The minimum Gasteiger partial charge on any atom is -0.481 e. The molecule has 0 saturated heterocycles. The highest BCUT2D eigenvalue weighted by Crippen LogP contribution is 2.13. The van der Waals surface area contributed by atoms with Gasteiger partial charge in [-0.2, -0.15) is 0 Å². The van der Waals surface area contributed by atoms with Crippen molar-refractivity contribution in [2.75, 3.05) is 6.54 Å². The summed E-state index contributed by atoms with van der Waals surface area (Å²) in [7, 11) is 0. The molecule has 7 heteroatoms. The Morgan fingerprint density at radius 3 is 2.16 bits per heavy atom. The lowest BCUT2D eigenvalue weighted by Gasteiger charge is -2.35. The molecule has 0 heterocycles. The van der Waals surface area contributed by atoms with Crippen LogP contribution in [0.5, 0.6) is 0 Å². The molecule has 108 valence electrons. The van der Waals surface area contributed by atoms with Gasteiger partial charge in [0.05, 0.1) is 6.42 Å². The van der Waals surface area contributed by atoms with Crippen LogP contribution in [0.2, 0.25) is 0 Å². The third-order valence-corrected chi connectivity index (χ3v) is 2.34. The normalized spacial score (nSPS) is 12.4. The highest BCUT2D eigenvalue weighted by molar-refractivity contribution is 5.86. The second kappa shape index (κ2) is 6.77. The molecule has 7 nitrogen and oxygen atoms in total. The number of nitrogens with zero attached hydrogens (tertiary/aromatic N) is 1. The van der Waals surface area contributed by atoms with Crippen molar-refractivity contribution in [3.8, 4) is 0 Å². The molecule has 0 aromatic heterocycles. The Labute approximate surface area is 111 Å². The molecule has 0 aromatic rings. The van der Waals surface area contributed by atoms with Gasteiger partial charge >= 0.3 is 18.0 Å². The number of carbonyl (C=O) groups excluding carboxylic acids is 1. The van der Waals surface area contributed by atoms with Crippen LogP contribution in [0.4, 0.5) is 4.79 Å². The van der Waals surface area contributed by atoms with Crippen LogP contribution in [0.1, 0.15) is 27.2 Å².